The summed E-state index contributed by atoms with van der Waals surface area (Å²) >= 11 is 0. The predicted octanol–water partition coefficient (Wildman–Crippen LogP) is 15.9. The fourth-order valence-electron chi connectivity index (χ4n) is 7.75. The summed E-state index contributed by atoms with van der Waals surface area (Å²) in [7, 11) is 0. The highest BCUT2D eigenvalue weighted by atomic mass is 16.6. The maximum Gasteiger partial charge on any atom is 0.127 e. The molecule has 6 heteroatoms. The van der Waals surface area contributed by atoms with Crippen molar-refractivity contribution in [3.05, 3.63) is 0 Å². The minimum absolute atomic E-state index is 0.295. The lowest BCUT2D eigenvalue weighted by Gasteiger charge is -2.22. The smallest absolute Gasteiger partial charge is 0.127 e. The van der Waals surface area contributed by atoms with Gasteiger partial charge in [0.05, 0.1) is 0 Å². The van der Waals surface area contributed by atoms with Crippen LogP contribution < -0.4 is 0 Å². The highest BCUT2D eigenvalue weighted by molar-refractivity contribution is 5.56. The molecule has 0 radical (unpaired) electrons. The van der Waals surface area contributed by atoms with Crippen LogP contribution in [-0.4, -0.2) is 60.9 Å². The molecule has 0 aromatic rings. The molecule has 0 heterocycles. The van der Waals surface area contributed by atoms with Gasteiger partial charge < -0.3 is 19.7 Å². The third-order valence-corrected chi connectivity index (χ3v) is 11.6. The molecule has 0 aliphatic rings. The Bertz CT molecular complexity index is 689. The zero-order chi connectivity index (χ0) is 40.7. The van der Waals surface area contributed by atoms with E-state index in [9.17, 15) is 5.11 Å². The van der Waals surface area contributed by atoms with Gasteiger partial charge in [0, 0.05) is 19.0 Å². The highest BCUT2D eigenvalue weighted by Gasteiger charge is 2.11. The van der Waals surface area contributed by atoms with Gasteiger partial charge in [-0.2, -0.15) is 0 Å². The van der Waals surface area contributed by atoms with Crippen molar-refractivity contribution in [1.82, 2.24) is 4.90 Å². The van der Waals surface area contributed by atoms with Crippen LogP contribution in [0.4, 0.5) is 0 Å². The number of aliphatic hydroxyl groups is 1. The average molecular weight is 792 g/mol. The van der Waals surface area contributed by atoms with Crippen molar-refractivity contribution >= 4 is 12.4 Å². The van der Waals surface area contributed by atoms with E-state index >= 15 is 0 Å². The molecule has 0 aromatic carbocycles. The monoisotopic (exact) mass is 792 g/mol. The van der Waals surface area contributed by atoms with Crippen molar-refractivity contribution in [3.63, 3.8) is 0 Å². The van der Waals surface area contributed by atoms with Gasteiger partial charge in [0.1, 0.15) is 12.2 Å². The van der Waals surface area contributed by atoms with Crippen molar-refractivity contribution < 1.29 is 14.8 Å². The molecule has 0 rings (SSSR count). The molecule has 334 valence electrons. The van der Waals surface area contributed by atoms with E-state index in [0.717, 1.165) is 71.0 Å². The quantitative estimate of drug-likeness (QED) is 0.0379. The lowest BCUT2D eigenvalue weighted by Crippen LogP contribution is -2.27. The van der Waals surface area contributed by atoms with Crippen LogP contribution in [0.2, 0.25) is 0 Å². The summed E-state index contributed by atoms with van der Waals surface area (Å²) in [4.78, 5) is 14.8. The molecule has 0 saturated carbocycles. The van der Waals surface area contributed by atoms with E-state index < -0.39 is 0 Å². The number of hydrogen-bond acceptors (Lipinski definition) is 6. The number of rotatable bonds is 48. The summed E-state index contributed by atoms with van der Waals surface area (Å²) < 4.78 is 0. The van der Waals surface area contributed by atoms with Gasteiger partial charge in [-0.05, 0) is 122 Å². The van der Waals surface area contributed by atoms with Crippen LogP contribution in [0.15, 0.2) is 10.3 Å². The summed E-state index contributed by atoms with van der Waals surface area (Å²) in [6.07, 6.45) is 52.7. The van der Waals surface area contributed by atoms with Gasteiger partial charge in [-0.15, -0.1) is 0 Å². The summed E-state index contributed by atoms with van der Waals surface area (Å²) in [6, 6.07) is 0. The van der Waals surface area contributed by atoms with Crippen LogP contribution in [0.1, 0.15) is 272 Å². The first-order chi connectivity index (χ1) is 27.7. The van der Waals surface area contributed by atoms with E-state index in [1.54, 1.807) is 0 Å². The summed E-state index contributed by atoms with van der Waals surface area (Å²) in [6.45, 7) is 12.9. The molecule has 0 aliphatic heterocycles. The van der Waals surface area contributed by atoms with Gasteiger partial charge >= 0.3 is 0 Å². The van der Waals surface area contributed by atoms with E-state index in [-0.39, 0.29) is 0 Å². The molecule has 0 fully saturated rings. The normalized spacial score (nSPS) is 12.1. The van der Waals surface area contributed by atoms with Crippen molar-refractivity contribution in [1.29, 1.82) is 0 Å². The molecule has 0 saturated heterocycles. The van der Waals surface area contributed by atoms with Crippen molar-refractivity contribution in [2.75, 3.05) is 26.2 Å². The zero-order valence-electron chi connectivity index (χ0n) is 38.6. The van der Waals surface area contributed by atoms with E-state index in [2.05, 4.69) is 42.9 Å². The average Bonchev–Trinajstić information content (AvgIpc) is 3.21. The Kier molecular flexibility index (Phi) is 47.2. The Hall–Kier alpha value is -1.14. The van der Waals surface area contributed by atoms with Crippen LogP contribution in [0, 0.1) is 0 Å². The molecule has 0 unspecified atom stereocenters. The Balaban J connectivity index is 4.40. The fourth-order valence-corrected chi connectivity index (χ4v) is 7.75. The van der Waals surface area contributed by atoms with Crippen LogP contribution in [-0.2, 0) is 9.68 Å². The van der Waals surface area contributed by atoms with Gasteiger partial charge in [-0.25, -0.2) is 0 Å². The number of unbranched alkanes of at least 4 members (excludes halogenated alkanes) is 27. The van der Waals surface area contributed by atoms with E-state index in [1.807, 2.05) is 12.4 Å². The minimum Gasteiger partial charge on any atom is -0.396 e. The SMILES string of the molecule is CCCCCCCCC(CCCCCCCC)O/N=C/CCCCCN(CCCCO)CCCCC/C=N/OC(CCCCCCCC)CCCCCCCC. The molecule has 0 spiro atoms. The Morgan fingerprint density at radius 1 is 0.375 bits per heavy atom. The Morgan fingerprint density at radius 2 is 0.661 bits per heavy atom. The summed E-state index contributed by atoms with van der Waals surface area (Å²) in [5, 5.41) is 18.3. The summed E-state index contributed by atoms with van der Waals surface area (Å²) in [5.74, 6) is 0. The molecular formula is C50H101N3O3. The van der Waals surface area contributed by atoms with Gasteiger partial charge in [-0.3, -0.25) is 0 Å². The van der Waals surface area contributed by atoms with Gasteiger partial charge in [0.2, 0.25) is 0 Å². The van der Waals surface area contributed by atoms with Crippen LogP contribution in [0.25, 0.3) is 0 Å². The van der Waals surface area contributed by atoms with Crippen molar-refractivity contribution in [3.8, 4) is 0 Å². The van der Waals surface area contributed by atoms with Gasteiger partial charge in [0.15, 0.2) is 0 Å². The van der Waals surface area contributed by atoms with Crippen LogP contribution in [0.5, 0.6) is 0 Å². The first-order valence-corrected chi connectivity index (χ1v) is 25.4. The predicted molar refractivity (Wildman–Crippen MR) is 248 cm³/mol. The number of aliphatic hydroxyl groups excluding tert-OH is 1. The van der Waals surface area contributed by atoms with Gasteiger partial charge in [0.25, 0.3) is 0 Å². The molecule has 0 amide bonds. The molecular weight excluding hydrogens is 691 g/mol. The third-order valence-electron chi connectivity index (χ3n) is 11.6. The first kappa shape index (κ1) is 54.9. The number of hydrogen-bond donors (Lipinski definition) is 1. The van der Waals surface area contributed by atoms with Crippen LogP contribution in [0.3, 0.4) is 0 Å². The number of oxime groups is 2. The number of nitrogens with zero attached hydrogens (tertiary/aromatic N) is 3. The zero-order valence-corrected chi connectivity index (χ0v) is 38.6. The maximum absolute atomic E-state index is 9.35. The second-order valence-corrected chi connectivity index (χ2v) is 17.2. The molecule has 6 nitrogen and oxygen atoms in total. The topological polar surface area (TPSA) is 66.7 Å². The lowest BCUT2D eigenvalue weighted by atomic mass is 10.0. The third kappa shape index (κ3) is 42.5. The second kappa shape index (κ2) is 48.2. The largest absolute Gasteiger partial charge is 0.396 e. The van der Waals surface area contributed by atoms with Crippen LogP contribution >= 0.6 is 0 Å². The highest BCUT2D eigenvalue weighted by Crippen LogP contribution is 2.19. The second-order valence-electron chi connectivity index (χ2n) is 17.2. The molecule has 0 atom stereocenters. The maximum atomic E-state index is 9.35. The minimum atomic E-state index is 0.295. The fraction of sp³-hybridized carbons (Fsp3) is 0.960. The molecule has 0 bridgehead atoms. The lowest BCUT2D eigenvalue weighted by molar-refractivity contribution is 0.0436. The van der Waals surface area contributed by atoms with E-state index in [1.165, 1.54) is 193 Å². The van der Waals surface area contributed by atoms with Crippen molar-refractivity contribution in [2.24, 2.45) is 10.3 Å². The van der Waals surface area contributed by atoms with Gasteiger partial charge in [-0.1, -0.05) is 179 Å². The molecule has 0 aliphatic carbocycles. The molecule has 0 aromatic heterocycles. The Morgan fingerprint density at radius 3 is 0.982 bits per heavy atom. The Labute approximate surface area is 351 Å². The van der Waals surface area contributed by atoms with E-state index in [0.29, 0.717) is 18.8 Å². The standard InChI is InChI=1S/C50H101N3O3/c1-5-9-13-17-21-29-39-49(40-30-22-18-14-10-6-2)55-51-43-33-25-27-35-45-53(47-37-38-48-54)46-36-28-26-34-44-52-56-50(41-31-23-19-15-11-7-3)42-32-24-20-16-12-8-4/h43-44,49-50,54H,5-42,45-48H2,1-4H3/b51-43+,52-44+. The summed E-state index contributed by atoms with van der Waals surface area (Å²) in [5.41, 5.74) is 0. The van der Waals surface area contributed by atoms with E-state index in [4.69, 9.17) is 9.68 Å². The van der Waals surface area contributed by atoms with Crippen molar-refractivity contribution in [2.45, 2.75) is 284 Å². The molecule has 1 N–H and O–H groups in total. The molecule has 56 heavy (non-hydrogen) atoms. The first-order valence-electron chi connectivity index (χ1n) is 25.4.